The highest BCUT2D eigenvalue weighted by Crippen LogP contribution is 2.43. The smallest absolute Gasteiger partial charge is 0.200 e. The zero-order valence-electron chi connectivity index (χ0n) is 17.0. The molecule has 26 heavy (non-hydrogen) atoms. The minimum atomic E-state index is -1.84. The number of nitrogens with zero attached hydrogens (tertiary/aromatic N) is 2. The summed E-state index contributed by atoms with van der Waals surface area (Å²) >= 11 is 0. The summed E-state index contributed by atoms with van der Waals surface area (Å²) in [5, 5.41) is 1.15. The van der Waals surface area contributed by atoms with Crippen molar-refractivity contribution in [3.63, 3.8) is 0 Å². The molecular formula is C21H33N2O2Si. The van der Waals surface area contributed by atoms with Crippen LogP contribution in [0.2, 0.25) is 16.6 Å². The highest BCUT2D eigenvalue weighted by atomic mass is 28.4. The van der Waals surface area contributed by atoms with Crippen molar-refractivity contribution in [2.45, 2.75) is 76.9 Å². The molecule has 0 unspecified atom stereocenters. The van der Waals surface area contributed by atoms with E-state index in [1.54, 1.807) is 0 Å². The van der Waals surface area contributed by atoms with Gasteiger partial charge in [-0.25, -0.2) is 0 Å². The summed E-state index contributed by atoms with van der Waals surface area (Å²) in [5.74, 6) is 0. The minimum Gasteiger partial charge on any atom is -0.413 e. The van der Waals surface area contributed by atoms with E-state index >= 15 is 0 Å². The van der Waals surface area contributed by atoms with Crippen molar-refractivity contribution >= 4 is 19.2 Å². The van der Waals surface area contributed by atoms with Crippen LogP contribution in [0.15, 0.2) is 30.7 Å². The molecule has 0 saturated carbocycles. The third-order valence-corrected chi connectivity index (χ3v) is 12.0. The van der Waals surface area contributed by atoms with Crippen molar-refractivity contribution in [2.75, 3.05) is 6.61 Å². The van der Waals surface area contributed by atoms with Crippen LogP contribution in [0.25, 0.3) is 10.9 Å². The van der Waals surface area contributed by atoms with E-state index in [9.17, 15) is 0 Å². The van der Waals surface area contributed by atoms with Crippen LogP contribution in [0, 0.1) is 6.42 Å². The SMILES string of the molecule is CC(C)[Si](OC[C@H]1[CH]C[C@H](n2ccc3cnccc32)O1)(C(C)C)C(C)C. The van der Waals surface area contributed by atoms with Gasteiger partial charge in [0.1, 0.15) is 6.23 Å². The third kappa shape index (κ3) is 3.49. The van der Waals surface area contributed by atoms with Crippen LogP contribution in [0.1, 0.15) is 54.2 Å². The quantitative estimate of drug-likeness (QED) is 0.582. The lowest BCUT2D eigenvalue weighted by molar-refractivity contribution is -0.0129. The van der Waals surface area contributed by atoms with Gasteiger partial charge in [-0.2, -0.15) is 0 Å². The van der Waals surface area contributed by atoms with E-state index in [2.05, 4.69) is 75.8 Å². The molecule has 4 nitrogen and oxygen atoms in total. The summed E-state index contributed by atoms with van der Waals surface area (Å²) in [6.45, 7) is 14.6. The van der Waals surface area contributed by atoms with E-state index in [-0.39, 0.29) is 12.3 Å². The van der Waals surface area contributed by atoms with Crippen LogP contribution < -0.4 is 0 Å². The summed E-state index contributed by atoms with van der Waals surface area (Å²) < 4.78 is 15.3. The van der Waals surface area contributed by atoms with Gasteiger partial charge in [-0.05, 0) is 41.6 Å². The first-order chi connectivity index (χ1) is 12.4. The molecule has 0 spiro atoms. The van der Waals surface area contributed by atoms with Gasteiger partial charge in [-0.1, -0.05) is 41.5 Å². The van der Waals surface area contributed by atoms with Crippen molar-refractivity contribution in [1.82, 2.24) is 9.55 Å². The molecule has 1 saturated heterocycles. The third-order valence-electron chi connectivity index (χ3n) is 5.97. The average molecular weight is 374 g/mol. The molecule has 0 N–H and O–H groups in total. The lowest BCUT2D eigenvalue weighted by Gasteiger charge is -2.42. The van der Waals surface area contributed by atoms with Crippen LogP contribution in [0.3, 0.4) is 0 Å². The first kappa shape index (κ1) is 19.6. The van der Waals surface area contributed by atoms with E-state index in [4.69, 9.17) is 9.16 Å². The van der Waals surface area contributed by atoms with E-state index in [0.29, 0.717) is 23.2 Å². The van der Waals surface area contributed by atoms with Crippen molar-refractivity contribution in [1.29, 1.82) is 0 Å². The molecule has 0 aliphatic carbocycles. The Hall–Kier alpha value is -1.17. The Balaban J connectivity index is 1.67. The zero-order chi connectivity index (χ0) is 18.9. The monoisotopic (exact) mass is 373 g/mol. The first-order valence-electron chi connectivity index (χ1n) is 9.89. The highest BCUT2D eigenvalue weighted by Gasteiger charge is 2.45. The van der Waals surface area contributed by atoms with Crippen LogP contribution in [0.5, 0.6) is 0 Å². The molecule has 5 heteroatoms. The number of hydrogen-bond acceptors (Lipinski definition) is 3. The second kappa shape index (κ2) is 7.83. The minimum absolute atomic E-state index is 0.0525. The maximum absolute atomic E-state index is 6.71. The summed E-state index contributed by atoms with van der Waals surface area (Å²) in [6, 6.07) is 4.15. The number of fused-ring (bicyclic) bond motifs is 1. The Bertz CT molecular complexity index is 704. The fraction of sp³-hybridized carbons (Fsp3) is 0.619. The van der Waals surface area contributed by atoms with Crippen LogP contribution in [-0.2, 0) is 9.16 Å². The van der Waals surface area contributed by atoms with Gasteiger partial charge in [0.05, 0.1) is 18.2 Å². The van der Waals surface area contributed by atoms with Gasteiger partial charge in [-0.15, -0.1) is 0 Å². The summed E-state index contributed by atoms with van der Waals surface area (Å²) in [5.41, 5.74) is 2.97. The van der Waals surface area contributed by atoms with Gasteiger partial charge < -0.3 is 13.7 Å². The van der Waals surface area contributed by atoms with Crippen LogP contribution in [-0.4, -0.2) is 30.6 Å². The predicted octanol–water partition coefficient (Wildman–Crippen LogP) is 5.72. The average Bonchev–Trinajstić information content (AvgIpc) is 3.20. The predicted molar refractivity (Wildman–Crippen MR) is 110 cm³/mol. The summed E-state index contributed by atoms with van der Waals surface area (Å²) in [4.78, 5) is 4.20. The molecule has 143 valence electrons. The molecule has 0 bridgehead atoms. The van der Waals surface area contributed by atoms with Crippen molar-refractivity contribution in [3.8, 4) is 0 Å². The molecular weight excluding hydrogens is 340 g/mol. The Labute approximate surface area is 159 Å². The second-order valence-corrected chi connectivity index (χ2v) is 13.8. The van der Waals surface area contributed by atoms with Crippen molar-refractivity contribution < 1.29 is 9.16 Å². The van der Waals surface area contributed by atoms with Crippen molar-refractivity contribution in [2.24, 2.45) is 0 Å². The van der Waals surface area contributed by atoms with E-state index in [0.717, 1.165) is 11.8 Å². The fourth-order valence-corrected chi connectivity index (χ4v) is 10.3. The maximum atomic E-state index is 6.71. The lowest BCUT2D eigenvalue weighted by Crippen LogP contribution is -2.49. The van der Waals surface area contributed by atoms with Gasteiger partial charge >= 0.3 is 0 Å². The van der Waals surface area contributed by atoms with Gasteiger partial charge in [-0.3, -0.25) is 4.98 Å². The normalized spacial score (nSPS) is 21.6. The van der Waals surface area contributed by atoms with E-state index in [1.807, 2.05) is 12.4 Å². The summed E-state index contributed by atoms with van der Waals surface area (Å²) in [7, 11) is -1.84. The zero-order valence-corrected chi connectivity index (χ0v) is 18.0. The Morgan fingerprint density at radius 2 is 1.85 bits per heavy atom. The van der Waals surface area contributed by atoms with Gasteiger partial charge in [0.25, 0.3) is 0 Å². The van der Waals surface area contributed by atoms with Gasteiger partial charge in [0.2, 0.25) is 0 Å². The molecule has 1 aliphatic rings. The molecule has 3 rings (SSSR count). The fourth-order valence-electron chi connectivity index (χ4n) is 4.85. The highest BCUT2D eigenvalue weighted by molar-refractivity contribution is 6.77. The van der Waals surface area contributed by atoms with Crippen LogP contribution >= 0.6 is 0 Å². The lowest BCUT2D eigenvalue weighted by atomic mass is 10.2. The van der Waals surface area contributed by atoms with E-state index < -0.39 is 8.32 Å². The Morgan fingerprint density at radius 3 is 2.50 bits per heavy atom. The van der Waals surface area contributed by atoms with E-state index in [1.165, 1.54) is 5.52 Å². The Morgan fingerprint density at radius 1 is 1.15 bits per heavy atom. The summed E-state index contributed by atoms with van der Waals surface area (Å²) in [6.07, 6.45) is 9.16. The topological polar surface area (TPSA) is 36.3 Å². The number of pyridine rings is 1. The molecule has 0 amide bonds. The van der Waals surface area contributed by atoms with Gasteiger partial charge in [0.15, 0.2) is 8.32 Å². The number of ether oxygens (including phenoxy) is 1. The first-order valence-corrected chi connectivity index (χ1v) is 12.0. The molecule has 0 aromatic carbocycles. The Kier molecular flexibility index (Phi) is 5.90. The maximum Gasteiger partial charge on any atom is 0.200 e. The largest absolute Gasteiger partial charge is 0.413 e. The number of rotatable bonds is 7. The molecule has 1 fully saturated rings. The molecule has 2 aromatic heterocycles. The second-order valence-electron chi connectivity index (χ2n) is 8.39. The number of aromatic nitrogens is 2. The molecule has 1 aliphatic heterocycles. The standard InChI is InChI=1S/C21H33N2O2Si/c1-15(2)26(16(3)4,17(5)6)24-14-19-7-8-21(25-19)23-12-10-18-13-22-11-9-20(18)23/h7,9-13,15-17,19,21H,8,14H2,1-6H3/t19-,21-/m1/s1. The van der Waals surface area contributed by atoms with Crippen LogP contribution in [0.4, 0.5) is 0 Å². The molecule has 3 heterocycles. The molecule has 2 atom stereocenters. The van der Waals surface area contributed by atoms with Gasteiger partial charge in [0, 0.05) is 24.0 Å². The number of hydrogen-bond donors (Lipinski definition) is 0. The molecule has 1 radical (unpaired) electrons. The van der Waals surface area contributed by atoms with Crippen molar-refractivity contribution in [3.05, 3.63) is 37.1 Å². The molecule has 2 aromatic rings.